The van der Waals surface area contributed by atoms with Gasteiger partial charge in [-0.1, -0.05) is 12.8 Å². The van der Waals surface area contributed by atoms with E-state index in [1.165, 1.54) is 12.8 Å². The zero-order chi connectivity index (χ0) is 15.2. The van der Waals surface area contributed by atoms with Gasteiger partial charge in [-0.05, 0) is 50.8 Å². The fourth-order valence-corrected chi connectivity index (χ4v) is 2.47. The Kier molecular flexibility index (Phi) is 5.74. The maximum Gasteiger partial charge on any atom is 0.203 e. The van der Waals surface area contributed by atoms with E-state index in [9.17, 15) is 0 Å². The lowest BCUT2D eigenvalue weighted by atomic mass is 10.0. The van der Waals surface area contributed by atoms with Crippen LogP contribution in [-0.2, 0) is 0 Å². The Balaban J connectivity index is 2.31. The molecule has 1 aliphatic carbocycles. The fraction of sp³-hybridized carbons (Fsp3) is 0.647. The number of rotatable bonds is 9. The minimum Gasteiger partial charge on any atom is -0.490 e. The molecular formula is C17H27NO3. The van der Waals surface area contributed by atoms with Gasteiger partial charge in [-0.3, -0.25) is 0 Å². The molecule has 2 N–H and O–H groups in total. The van der Waals surface area contributed by atoms with E-state index in [-0.39, 0.29) is 6.04 Å². The lowest BCUT2D eigenvalue weighted by molar-refractivity contribution is 0.260. The molecule has 0 saturated heterocycles. The molecule has 0 aromatic heterocycles. The zero-order valence-corrected chi connectivity index (χ0v) is 13.4. The number of hydrogen-bond donors (Lipinski definition) is 1. The van der Waals surface area contributed by atoms with Crippen molar-refractivity contribution in [2.45, 2.75) is 46.1 Å². The summed E-state index contributed by atoms with van der Waals surface area (Å²) in [5.74, 6) is 2.93. The smallest absolute Gasteiger partial charge is 0.203 e. The average Bonchev–Trinajstić information content (AvgIpc) is 3.26. The monoisotopic (exact) mass is 293 g/mol. The van der Waals surface area contributed by atoms with Crippen molar-refractivity contribution in [2.24, 2.45) is 11.7 Å². The van der Waals surface area contributed by atoms with Crippen LogP contribution in [0.5, 0.6) is 17.2 Å². The summed E-state index contributed by atoms with van der Waals surface area (Å²) in [5.41, 5.74) is 7.41. The summed E-state index contributed by atoms with van der Waals surface area (Å²) >= 11 is 0. The predicted octanol–water partition coefficient (Wildman–Crippen LogP) is 3.68. The highest BCUT2D eigenvalue weighted by molar-refractivity contribution is 5.54. The quantitative estimate of drug-likeness (QED) is 0.754. The molecule has 4 heteroatoms. The van der Waals surface area contributed by atoms with Gasteiger partial charge in [0.05, 0.1) is 19.8 Å². The summed E-state index contributed by atoms with van der Waals surface area (Å²) < 4.78 is 17.2. The largest absolute Gasteiger partial charge is 0.490 e. The summed E-state index contributed by atoms with van der Waals surface area (Å²) in [6.45, 7) is 7.64. The molecule has 21 heavy (non-hydrogen) atoms. The summed E-state index contributed by atoms with van der Waals surface area (Å²) in [4.78, 5) is 0. The zero-order valence-electron chi connectivity index (χ0n) is 13.4. The molecule has 0 heterocycles. The minimum atomic E-state index is 0.0339. The van der Waals surface area contributed by atoms with Gasteiger partial charge in [0.2, 0.25) is 5.75 Å². The predicted molar refractivity (Wildman–Crippen MR) is 84.2 cm³/mol. The molecule has 118 valence electrons. The Labute approximate surface area is 127 Å². The van der Waals surface area contributed by atoms with Crippen molar-refractivity contribution in [3.63, 3.8) is 0 Å². The standard InChI is InChI=1S/C17H27NO3/c1-4-19-15-10-13(14(18)9-12-7-8-12)11-16(20-5-2)17(15)21-6-3/h10-12,14H,4-9,18H2,1-3H3. The molecule has 1 aliphatic rings. The second kappa shape index (κ2) is 7.55. The van der Waals surface area contributed by atoms with E-state index in [0.29, 0.717) is 25.6 Å². The van der Waals surface area contributed by atoms with E-state index in [2.05, 4.69) is 0 Å². The van der Waals surface area contributed by atoms with Crippen LogP contribution in [0, 0.1) is 5.92 Å². The minimum absolute atomic E-state index is 0.0339. The van der Waals surface area contributed by atoms with Crippen LogP contribution in [0.3, 0.4) is 0 Å². The van der Waals surface area contributed by atoms with E-state index in [0.717, 1.165) is 29.4 Å². The van der Waals surface area contributed by atoms with Gasteiger partial charge in [0.25, 0.3) is 0 Å². The second-order valence-electron chi connectivity index (χ2n) is 5.43. The van der Waals surface area contributed by atoms with Crippen LogP contribution in [0.25, 0.3) is 0 Å². The van der Waals surface area contributed by atoms with Crippen LogP contribution in [0.1, 0.15) is 51.6 Å². The van der Waals surface area contributed by atoms with Crippen LogP contribution >= 0.6 is 0 Å². The summed E-state index contributed by atoms with van der Waals surface area (Å²) in [5, 5.41) is 0. The van der Waals surface area contributed by atoms with Gasteiger partial charge in [-0.15, -0.1) is 0 Å². The van der Waals surface area contributed by atoms with Gasteiger partial charge < -0.3 is 19.9 Å². The van der Waals surface area contributed by atoms with E-state index >= 15 is 0 Å². The highest BCUT2D eigenvalue weighted by atomic mass is 16.5. The Hall–Kier alpha value is -1.42. The van der Waals surface area contributed by atoms with E-state index in [4.69, 9.17) is 19.9 Å². The maximum atomic E-state index is 6.34. The van der Waals surface area contributed by atoms with Gasteiger partial charge in [0.1, 0.15) is 0 Å². The molecule has 1 atom stereocenters. The Morgan fingerprint density at radius 1 is 1.00 bits per heavy atom. The molecule has 0 aliphatic heterocycles. The molecule has 1 saturated carbocycles. The van der Waals surface area contributed by atoms with E-state index < -0.39 is 0 Å². The first-order valence-electron chi connectivity index (χ1n) is 8.01. The van der Waals surface area contributed by atoms with Crippen molar-refractivity contribution in [3.05, 3.63) is 17.7 Å². The summed E-state index contributed by atoms with van der Waals surface area (Å²) in [7, 11) is 0. The number of nitrogens with two attached hydrogens (primary N) is 1. The van der Waals surface area contributed by atoms with E-state index in [1.807, 2.05) is 32.9 Å². The highest BCUT2D eigenvalue weighted by Gasteiger charge is 2.26. The molecule has 0 amide bonds. The third kappa shape index (κ3) is 4.27. The van der Waals surface area contributed by atoms with Crippen LogP contribution < -0.4 is 19.9 Å². The summed E-state index contributed by atoms with van der Waals surface area (Å²) in [6.07, 6.45) is 3.65. The molecule has 4 nitrogen and oxygen atoms in total. The van der Waals surface area contributed by atoms with Gasteiger partial charge >= 0.3 is 0 Å². The first-order chi connectivity index (χ1) is 10.2. The molecule has 1 aromatic rings. The molecule has 0 bridgehead atoms. The molecule has 1 aromatic carbocycles. The fourth-order valence-electron chi connectivity index (χ4n) is 2.47. The van der Waals surface area contributed by atoms with Gasteiger partial charge in [-0.2, -0.15) is 0 Å². The lowest BCUT2D eigenvalue weighted by Crippen LogP contribution is -2.12. The molecule has 0 radical (unpaired) electrons. The number of benzene rings is 1. The lowest BCUT2D eigenvalue weighted by Gasteiger charge is -2.19. The van der Waals surface area contributed by atoms with Crippen molar-refractivity contribution in [1.29, 1.82) is 0 Å². The molecule has 1 unspecified atom stereocenters. The van der Waals surface area contributed by atoms with Crippen molar-refractivity contribution in [1.82, 2.24) is 0 Å². The second-order valence-corrected chi connectivity index (χ2v) is 5.43. The molecule has 0 spiro atoms. The van der Waals surface area contributed by atoms with Crippen LogP contribution in [0.2, 0.25) is 0 Å². The normalized spacial score (nSPS) is 15.6. The van der Waals surface area contributed by atoms with Crippen molar-refractivity contribution in [2.75, 3.05) is 19.8 Å². The molecule has 1 fully saturated rings. The van der Waals surface area contributed by atoms with Gasteiger partial charge in [-0.25, -0.2) is 0 Å². The summed E-state index contributed by atoms with van der Waals surface area (Å²) in [6, 6.07) is 4.04. The number of ether oxygens (including phenoxy) is 3. The van der Waals surface area contributed by atoms with Gasteiger partial charge in [0, 0.05) is 6.04 Å². The van der Waals surface area contributed by atoms with E-state index in [1.54, 1.807) is 0 Å². The Bertz CT molecular complexity index is 430. The first kappa shape index (κ1) is 16.0. The highest BCUT2D eigenvalue weighted by Crippen LogP contribution is 2.43. The maximum absolute atomic E-state index is 6.34. The molecular weight excluding hydrogens is 266 g/mol. The van der Waals surface area contributed by atoms with Crippen molar-refractivity contribution in [3.8, 4) is 17.2 Å². The van der Waals surface area contributed by atoms with Crippen molar-refractivity contribution >= 4 is 0 Å². The Morgan fingerprint density at radius 3 is 1.95 bits per heavy atom. The van der Waals surface area contributed by atoms with Crippen LogP contribution in [0.4, 0.5) is 0 Å². The Morgan fingerprint density at radius 2 is 1.52 bits per heavy atom. The first-order valence-corrected chi connectivity index (χ1v) is 8.01. The SMILES string of the molecule is CCOc1cc(C(N)CC2CC2)cc(OCC)c1OCC. The third-order valence-corrected chi connectivity index (χ3v) is 3.64. The van der Waals surface area contributed by atoms with Gasteiger partial charge in [0.15, 0.2) is 11.5 Å². The average molecular weight is 293 g/mol. The number of hydrogen-bond acceptors (Lipinski definition) is 4. The van der Waals surface area contributed by atoms with Crippen LogP contribution in [0.15, 0.2) is 12.1 Å². The molecule has 2 rings (SSSR count). The van der Waals surface area contributed by atoms with Crippen molar-refractivity contribution < 1.29 is 14.2 Å². The van der Waals surface area contributed by atoms with Crippen LogP contribution in [-0.4, -0.2) is 19.8 Å². The topological polar surface area (TPSA) is 53.7 Å². The third-order valence-electron chi connectivity index (χ3n) is 3.64.